The first-order chi connectivity index (χ1) is 5.81. The lowest BCUT2D eigenvalue weighted by molar-refractivity contribution is 0.804. The zero-order chi connectivity index (χ0) is 9.23. The van der Waals surface area contributed by atoms with Gasteiger partial charge in [-0.15, -0.1) is 0 Å². The highest BCUT2D eigenvalue weighted by molar-refractivity contribution is 8.22. The van der Waals surface area contributed by atoms with E-state index >= 15 is 0 Å². The van der Waals surface area contributed by atoms with Crippen LogP contribution in [0.3, 0.4) is 0 Å². The van der Waals surface area contributed by atoms with E-state index in [9.17, 15) is 0 Å². The van der Waals surface area contributed by atoms with E-state index in [2.05, 4.69) is 18.3 Å². The molecule has 0 unspecified atom stereocenters. The van der Waals surface area contributed by atoms with Gasteiger partial charge in [0.05, 0.1) is 6.07 Å². The number of thioether (sulfide) groups is 1. The number of rotatable bonds is 5. The summed E-state index contributed by atoms with van der Waals surface area (Å²) in [5.74, 6) is 1.07. The lowest BCUT2D eigenvalue weighted by Gasteiger charge is -2.04. The summed E-state index contributed by atoms with van der Waals surface area (Å²) in [7, 11) is 0. The van der Waals surface area contributed by atoms with Crippen LogP contribution < -0.4 is 5.32 Å². The number of nitrogens with one attached hydrogen (secondary N) is 1. The van der Waals surface area contributed by atoms with Crippen LogP contribution in [0.5, 0.6) is 0 Å². The van der Waals surface area contributed by atoms with Crippen LogP contribution in [0.25, 0.3) is 0 Å². The number of thiocarbonyl (C=S) groups is 1. The van der Waals surface area contributed by atoms with Crippen LogP contribution in [0.15, 0.2) is 0 Å². The zero-order valence-corrected chi connectivity index (χ0v) is 8.93. The predicted molar refractivity (Wildman–Crippen MR) is 58.2 cm³/mol. The molecule has 0 amide bonds. The third-order valence-corrected chi connectivity index (χ3v) is 2.69. The topological polar surface area (TPSA) is 35.8 Å². The fraction of sp³-hybridized carbons (Fsp3) is 0.750. The first-order valence-electron chi connectivity index (χ1n) is 4.08. The van der Waals surface area contributed by atoms with Crippen molar-refractivity contribution in [1.29, 1.82) is 5.26 Å². The quantitative estimate of drug-likeness (QED) is 0.548. The SMILES string of the molecule is CCCSC(=S)NCCCC#N. The van der Waals surface area contributed by atoms with Gasteiger partial charge in [-0.25, -0.2) is 0 Å². The van der Waals surface area contributed by atoms with Crippen molar-refractivity contribution in [2.24, 2.45) is 0 Å². The van der Waals surface area contributed by atoms with E-state index in [-0.39, 0.29) is 0 Å². The molecule has 0 spiro atoms. The summed E-state index contributed by atoms with van der Waals surface area (Å²) < 4.78 is 0.856. The maximum Gasteiger partial charge on any atom is 0.133 e. The minimum atomic E-state index is 0.605. The highest BCUT2D eigenvalue weighted by Crippen LogP contribution is 2.03. The third-order valence-electron chi connectivity index (χ3n) is 1.17. The number of hydrogen-bond donors (Lipinski definition) is 1. The number of hydrogen-bond acceptors (Lipinski definition) is 3. The molecule has 0 aromatic heterocycles. The van der Waals surface area contributed by atoms with E-state index in [4.69, 9.17) is 17.5 Å². The Morgan fingerprint density at radius 3 is 3.00 bits per heavy atom. The van der Waals surface area contributed by atoms with Crippen molar-refractivity contribution >= 4 is 28.3 Å². The minimum absolute atomic E-state index is 0.605. The average molecular weight is 202 g/mol. The van der Waals surface area contributed by atoms with Crippen molar-refractivity contribution in [2.45, 2.75) is 26.2 Å². The monoisotopic (exact) mass is 202 g/mol. The fourth-order valence-corrected chi connectivity index (χ4v) is 1.55. The Labute approximate surface area is 83.7 Å². The molecule has 0 radical (unpaired) electrons. The molecule has 0 heterocycles. The maximum atomic E-state index is 8.26. The van der Waals surface area contributed by atoms with Gasteiger partial charge in [-0.3, -0.25) is 0 Å². The van der Waals surface area contributed by atoms with Gasteiger partial charge in [0.2, 0.25) is 0 Å². The van der Waals surface area contributed by atoms with Crippen molar-refractivity contribution in [2.75, 3.05) is 12.3 Å². The molecule has 0 aromatic carbocycles. The van der Waals surface area contributed by atoms with Crippen molar-refractivity contribution in [3.63, 3.8) is 0 Å². The molecule has 0 fully saturated rings. The summed E-state index contributed by atoms with van der Waals surface area (Å²) in [4.78, 5) is 0. The Morgan fingerprint density at radius 1 is 1.67 bits per heavy atom. The second kappa shape index (κ2) is 8.82. The summed E-state index contributed by atoms with van der Waals surface area (Å²) >= 11 is 6.71. The van der Waals surface area contributed by atoms with Gasteiger partial charge < -0.3 is 5.32 Å². The van der Waals surface area contributed by atoms with Gasteiger partial charge in [0.1, 0.15) is 4.32 Å². The lowest BCUT2D eigenvalue weighted by Crippen LogP contribution is -2.19. The predicted octanol–water partition coefficient (Wildman–Crippen LogP) is 2.31. The van der Waals surface area contributed by atoms with Gasteiger partial charge in [-0.1, -0.05) is 30.9 Å². The van der Waals surface area contributed by atoms with Crippen LogP contribution in [0.1, 0.15) is 26.2 Å². The van der Waals surface area contributed by atoms with Crippen LogP contribution in [0.2, 0.25) is 0 Å². The molecule has 0 aromatic rings. The van der Waals surface area contributed by atoms with Gasteiger partial charge in [-0.05, 0) is 18.6 Å². The first-order valence-corrected chi connectivity index (χ1v) is 5.48. The minimum Gasteiger partial charge on any atom is -0.371 e. The van der Waals surface area contributed by atoms with Crippen molar-refractivity contribution in [1.82, 2.24) is 5.32 Å². The second-order valence-electron chi connectivity index (χ2n) is 2.32. The molecule has 0 rings (SSSR count). The molecule has 0 aliphatic rings. The van der Waals surface area contributed by atoms with E-state index in [1.54, 1.807) is 11.8 Å². The Balaban J connectivity index is 3.15. The fourth-order valence-electron chi connectivity index (χ4n) is 0.604. The number of unbranched alkanes of at least 4 members (excludes halogenated alkanes) is 1. The summed E-state index contributed by atoms with van der Waals surface area (Å²) in [6, 6.07) is 2.09. The normalized spacial score (nSPS) is 9.00. The van der Waals surface area contributed by atoms with E-state index in [0.717, 1.165) is 29.5 Å². The van der Waals surface area contributed by atoms with Gasteiger partial charge in [-0.2, -0.15) is 5.26 Å². The summed E-state index contributed by atoms with van der Waals surface area (Å²) in [5.41, 5.74) is 0. The molecule has 0 bridgehead atoms. The molecule has 0 aliphatic carbocycles. The molecule has 0 saturated heterocycles. The van der Waals surface area contributed by atoms with Gasteiger partial charge in [0, 0.05) is 13.0 Å². The largest absolute Gasteiger partial charge is 0.371 e. The smallest absolute Gasteiger partial charge is 0.133 e. The standard InChI is InChI=1S/C8H14N2S2/c1-2-7-12-8(11)10-6-4-3-5-9/h2-4,6-7H2,1H3,(H,10,11). The molecule has 68 valence electrons. The summed E-state index contributed by atoms with van der Waals surface area (Å²) in [6.07, 6.45) is 2.63. The maximum absolute atomic E-state index is 8.26. The van der Waals surface area contributed by atoms with Crippen LogP contribution in [0, 0.1) is 11.3 Å². The lowest BCUT2D eigenvalue weighted by atomic mass is 10.3. The molecule has 0 saturated carbocycles. The van der Waals surface area contributed by atoms with Gasteiger partial charge >= 0.3 is 0 Å². The van der Waals surface area contributed by atoms with E-state index in [1.165, 1.54) is 0 Å². The Kier molecular flexibility index (Phi) is 8.62. The molecular weight excluding hydrogens is 188 g/mol. The molecule has 12 heavy (non-hydrogen) atoms. The zero-order valence-electron chi connectivity index (χ0n) is 7.30. The van der Waals surface area contributed by atoms with Crippen LogP contribution in [-0.4, -0.2) is 16.6 Å². The van der Waals surface area contributed by atoms with Crippen LogP contribution in [-0.2, 0) is 0 Å². The number of nitrogens with zero attached hydrogens (tertiary/aromatic N) is 1. The van der Waals surface area contributed by atoms with Crippen LogP contribution >= 0.6 is 24.0 Å². The molecular formula is C8H14N2S2. The first kappa shape index (κ1) is 11.7. The highest BCUT2D eigenvalue weighted by Gasteiger charge is 1.94. The molecule has 1 N–H and O–H groups in total. The van der Waals surface area contributed by atoms with Gasteiger partial charge in [0.25, 0.3) is 0 Å². The second-order valence-corrected chi connectivity index (χ2v) is 4.10. The Hall–Kier alpha value is -0.270. The Morgan fingerprint density at radius 2 is 2.42 bits per heavy atom. The number of nitriles is 1. The van der Waals surface area contributed by atoms with Gasteiger partial charge in [0.15, 0.2) is 0 Å². The van der Waals surface area contributed by atoms with E-state index in [1.807, 2.05) is 0 Å². The van der Waals surface area contributed by atoms with E-state index in [0.29, 0.717) is 6.42 Å². The van der Waals surface area contributed by atoms with E-state index < -0.39 is 0 Å². The summed E-state index contributed by atoms with van der Waals surface area (Å²) in [5, 5.41) is 11.4. The van der Waals surface area contributed by atoms with Crippen molar-refractivity contribution in [3.05, 3.63) is 0 Å². The highest BCUT2D eigenvalue weighted by atomic mass is 32.2. The van der Waals surface area contributed by atoms with Crippen LogP contribution in [0.4, 0.5) is 0 Å². The molecule has 2 nitrogen and oxygen atoms in total. The molecule has 4 heteroatoms. The molecule has 0 atom stereocenters. The molecule has 0 aliphatic heterocycles. The van der Waals surface area contributed by atoms with Crippen molar-refractivity contribution < 1.29 is 0 Å². The Bertz CT molecular complexity index is 163. The third kappa shape index (κ3) is 7.83. The summed E-state index contributed by atoms with van der Waals surface area (Å²) in [6.45, 7) is 2.95. The van der Waals surface area contributed by atoms with Crippen molar-refractivity contribution in [3.8, 4) is 6.07 Å². The average Bonchev–Trinajstić information content (AvgIpc) is 2.09.